The Kier molecular flexibility index (Phi) is 6.00. The summed E-state index contributed by atoms with van der Waals surface area (Å²) < 4.78 is 5.04. The Morgan fingerprint density at radius 1 is 1.43 bits per heavy atom. The predicted octanol–water partition coefficient (Wildman–Crippen LogP) is 2.75. The lowest BCUT2D eigenvalue weighted by atomic mass is 9.92. The van der Waals surface area contributed by atoms with Crippen LogP contribution in [0.5, 0.6) is 0 Å². The maximum atomic E-state index is 5.04. The SMILES string of the molecule is COCCNCc1cnc(N2CCCC(C)C2C)c(C)c1. The third kappa shape index (κ3) is 4.17. The van der Waals surface area contributed by atoms with Crippen LogP contribution in [0, 0.1) is 12.8 Å². The first kappa shape index (κ1) is 16.2. The predicted molar refractivity (Wildman–Crippen MR) is 87.8 cm³/mol. The van der Waals surface area contributed by atoms with Gasteiger partial charge in [-0.25, -0.2) is 4.98 Å². The molecule has 0 bridgehead atoms. The summed E-state index contributed by atoms with van der Waals surface area (Å²) in [6.45, 7) is 10.4. The number of anilines is 1. The molecule has 2 unspecified atom stereocenters. The van der Waals surface area contributed by atoms with Crippen LogP contribution in [0.3, 0.4) is 0 Å². The van der Waals surface area contributed by atoms with Crippen molar-refractivity contribution >= 4 is 5.82 Å². The van der Waals surface area contributed by atoms with Gasteiger partial charge in [0.1, 0.15) is 5.82 Å². The molecule has 2 atom stereocenters. The number of pyridine rings is 1. The molecular weight excluding hydrogens is 262 g/mol. The Labute approximate surface area is 128 Å². The van der Waals surface area contributed by atoms with Gasteiger partial charge in [-0.15, -0.1) is 0 Å². The van der Waals surface area contributed by atoms with Crippen molar-refractivity contribution in [1.29, 1.82) is 0 Å². The Bertz CT molecular complexity index is 450. The number of aromatic nitrogens is 1. The van der Waals surface area contributed by atoms with Crippen LogP contribution in [0.2, 0.25) is 0 Å². The normalized spacial score (nSPS) is 22.6. The number of piperidine rings is 1. The summed E-state index contributed by atoms with van der Waals surface area (Å²) in [6, 6.07) is 2.84. The highest BCUT2D eigenvalue weighted by molar-refractivity contribution is 5.48. The molecular formula is C17H29N3O. The number of nitrogens with one attached hydrogen (secondary N) is 1. The summed E-state index contributed by atoms with van der Waals surface area (Å²) in [4.78, 5) is 7.22. The summed E-state index contributed by atoms with van der Waals surface area (Å²) in [5.41, 5.74) is 2.52. The van der Waals surface area contributed by atoms with Crippen molar-refractivity contribution in [1.82, 2.24) is 10.3 Å². The van der Waals surface area contributed by atoms with E-state index in [1.165, 1.54) is 24.0 Å². The first-order valence-corrected chi connectivity index (χ1v) is 8.05. The van der Waals surface area contributed by atoms with Crippen LogP contribution in [0.1, 0.15) is 37.8 Å². The molecule has 1 aromatic rings. The summed E-state index contributed by atoms with van der Waals surface area (Å²) in [5, 5.41) is 3.37. The first-order chi connectivity index (χ1) is 10.1. The van der Waals surface area contributed by atoms with E-state index in [0.717, 1.165) is 38.0 Å². The van der Waals surface area contributed by atoms with E-state index in [2.05, 4.69) is 37.1 Å². The van der Waals surface area contributed by atoms with Crippen molar-refractivity contribution < 1.29 is 4.74 Å². The number of methoxy groups -OCH3 is 1. The van der Waals surface area contributed by atoms with Crippen LogP contribution in [0.15, 0.2) is 12.3 Å². The van der Waals surface area contributed by atoms with Crippen molar-refractivity contribution in [3.63, 3.8) is 0 Å². The molecule has 2 heterocycles. The number of nitrogens with zero attached hydrogens (tertiary/aromatic N) is 2. The second kappa shape index (κ2) is 7.76. The molecule has 0 aliphatic carbocycles. The smallest absolute Gasteiger partial charge is 0.131 e. The molecule has 0 amide bonds. The van der Waals surface area contributed by atoms with Gasteiger partial charge in [0.25, 0.3) is 0 Å². The minimum absolute atomic E-state index is 0.579. The molecule has 0 radical (unpaired) electrons. The molecule has 1 aliphatic heterocycles. The van der Waals surface area contributed by atoms with E-state index in [1.807, 2.05) is 6.20 Å². The highest BCUT2D eigenvalue weighted by atomic mass is 16.5. The molecule has 1 aliphatic rings. The number of aryl methyl sites for hydroxylation is 1. The van der Waals surface area contributed by atoms with Crippen LogP contribution in [0.4, 0.5) is 5.82 Å². The number of hydrogen-bond donors (Lipinski definition) is 1. The topological polar surface area (TPSA) is 37.4 Å². The number of rotatable bonds is 6. The van der Waals surface area contributed by atoms with Crippen molar-refractivity contribution in [3.8, 4) is 0 Å². The van der Waals surface area contributed by atoms with Gasteiger partial charge < -0.3 is 15.0 Å². The maximum absolute atomic E-state index is 5.04. The average molecular weight is 291 g/mol. The molecule has 1 fully saturated rings. The quantitative estimate of drug-likeness (QED) is 0.818. The molecule has 0 saturated carbocycles. The lowest BCUT2D eigenvalue weighted by Gasteiger charge is -2.39. The molecule has 1 aromatic heterocycles. The molecule has 4 nitrogen and oxygen atoms in total. The Balaban J connectivity index is 2.01. The first-order valence-electron chi connectivity index (χ1n) is 8.05. The van der Waals surface area contributed by atoms with Crippen molar-refractivity contribution in [2.45, 2.75) is 46.2 Å². The lowest BCUT2D eigenvalue weighted by Crippen LogP contribution is -2.43. The van der Waals surface area contributed by atoms with Gasteiger partial charge in [-0.1, -0.05) is 6.92 Å². The van der Waals surface area contributed by atoms with E-state index in [0.29, 0.717) is 6.04 Å². The Morgan fingerprint density at radius 2 is 2.24 bits per heavy atom. The van der Waals surface area contributed by atoms with E-state index in [9.17, 15) is 0 Å². The van der Waals surface area contributed by atoms with Crippen molar-refractivity contribution in [2.24, 2.45) is 5.92 Å². The maximum Gasteiger partial charge on any atom is 0.131 e. The van der Waals surface area contributed by atoms with Gasteiger partial charge >= 0.3 is 0 Å². The highest BCUT2D eigenvalue weighted by Gasteiger charge is 2.26. The Hall–Kier alpha value is -1.13. The second-order valence-corrected chi connectivity index (χ2v) is 6.21. The minimum Gasteiger partial charge on any atom is -0.383 e. The van der Waals surface area contributed by atoms with Gasteiger partial charge in [0.05, 0.1) is 6.61 Å². The molecule has 0 aromatic carbocycles. The minimum atomic E-state index is 0.579. The van der Waals surface area contributed by atoms with Crippen LogP contribution in [-0.4, -0.2) is 37.8 Å². The van der Waals surface area contributed by atoms with Gasteiger partial charge in [0.15, 0.2) is 0 Å². The Morgan fingerprint density at radius 3 is 2.95 bits per heavy atom. The molecule has 118 valence electrons. The fraction of sp³-hybridized carbons (Fsp3) is 0.706. The van der Waals surface area contributed by atoms with Crippen LogP contribution in [0.25, 0.3) is 0 Å². The van der Waals surface area contributed by atoms with Crippen LogP contribution in [-0.2, 0) is 11.3 Å². The zero-order valence-electron chi connectivity index (χ0n) is 13.9. The molecule has 1 N–H and O–H groups in total. The van der Waals surface area contributed by atoms with Gasteiger partial charge in [-0.2, -0.15) is 0 Å². The molecule has 21 heavy (non-hydrogen) atoms. The standard InChI is InChI=1S/C17H29N3O/c1-13-6-5-8-20(15(13)3)17-14(2)10-16(12-19-17)11-18-7-9-21-4/h10,12-13,15,18H,5-9,11H2,1-4H3. The summed E-state index contributed by atoms with van der Waals surface area (Å²) in [7, 11) is 1.73. The van der Waals surface area contributed by atoms with Crippen LogP contribution < -0.4 is 10.2 Å². The summed E-state index contributed by atoms with van der Waals surface area (Å²) in [6.07, 6.45) is 4.61. The summed E-state index contributed by atoms with van der Waals surface area (Å²) in [5.74, 6) is 1.91. The summed E-state index contributed by atoms with van der Waals surface area (Å²) >= 11 is 0. The molecule has 1 saturated heterocycles. The van der Waals surface area contributed by atoms with Crippen molar-refractivity contribution in [3.05, 3.63) is 23.4 Å². The number of ether oxygens (including phenoxy) is 1. The van der Waals surface area contributed by atoms with Gasteiger partial charge in [0, 0.05) is 39.0 Å². The second-order valence-electron chi connectivity index (χ2n) is 6.21. The van der Waals surface area contributed by atoms with Gasteiger partial charge in [-0.05, 0) is 49.8 Å². The van der Waals surface area contributed by atoms with E-state index in [-0.39, 0.29) is 0 Å². The van der Waals surface area contributed by atoms with Crippen molar-refractivity contribution in [2.75, 3.05) is 31.7 Å². The third-order valence-corrected chi connectivity index (χ3v) is 4.57. The van der Waals surface area contributed by atoms with Gasteiger partial charge in [-0.3, -0.25) is 0 Å². The molecule has 2 rings (SSSR count). The van der Waals surface area contributed by atoms with Gasteiger partial charge in [0.2, 0.25) is 0 Å². The zero-order chi connectivity index (χ0) is 15.2. The largest absolute Gasteiger partial charge is 0.383 e. The zero-order valence-corrected chi connectivity index (χ0v) is 13.9. The number of hydrogen-bond acceptors (Lipinski definition) is 4. The fourth-order valence-electron chi connectivity index (χ4n) is 3.06. The average Bonchev–Trinajstić information content (AvgIpc) is 2.47. The molecule has 0 spiro atoms. The fourth-order valence-corrected chi connectivity index (χ4v) is 3.06. The monoisotopic (exact) mass is 291 g/mol. The van der Waals surface area contributed by atoms with E-state index in [4.69, 9.17) is 9.72 Å². The highest BCUT2D eigenvalue weighted by Crippen LogP contribution is 2.29. The van der Waals surface area contributed by atoms with E-state index >= 15 is 0 Å². The lowest BCUT2D eigenvalue weighted by molar-refractivity contribution is 0.199. The van der Waals surface area contributed by atoms with E-state index < -0.39 is 0 Å². The van der Waals surface area contributed by atoms with E-state index in [1.54, 1.807) is 7.11 Å². The third-order valence-electron chi connectivity index (χ3n) is 4.57. The van der Waals surface area contributed by atoms with Crippen LogP contribution >= 0.6 is 0 Å². The molecule has 4 heteroatoms.